The number of esters is 1. The molecule has 22 heavy (non-hydrogen) atoms. The molecule has 4 rings (SSSR count). The molecule has 1 aliphatic rings. The molecule has 2 aromatic heterocycles. The summed E-state index contributed by atoms with van der Waals surface area (Å²) in [7, 11) is 1.32. The predicted octanol–water partition coefficient (Wildman–Crippen LogP) is 4.18. The van der Waals surface area contributed by atoms with Crippen molar-refractivity contribution in [2.24, 2.45) is 0 Å². The number of ether oxygens (including phenoxy) is 1. The van der Waals surface area contributed by atoms with E-state index in [1.54, 1.807) is 18.2 Å². The lowest BCUT2D eigenvalue weighted by Crippen LogP contribution is -2.03. The van der Waals surface area contributed by atoms with E-state index in [1.165, 1.54) is 31.8 Å². The lowest BCUT2D eigenvalue weighted by atomic mass is 10.1. The van der Waals surface area contributed by atoms with Gasteiger partial charge in [-0.3, -0.25) is 0 Å². The van der Waals surface area contributed by atoms with Crippen molar-refractivity contribution in [1.82, 2.24) is 4.98 Å². The van der Waals surface area contributed by atoms with Crippen molar-refractivity contribution in [2.45, 2.75) is 18.8 Å². The van der Waals surface area contributed by atoms with Gasteiger partial charge in [-0.15, -0.1) is 0 Å². The number of methoxy groups -OCH3 is 1. The molecule has 0 unspecified atom stereocenters. The third-order valence-corrected chi connectivity index (χ3v) is 3.56. The van der Waals surface area contributed by atoms with Crippen LogP contribution in [0.3, 0.4) is 0 Å². The minimum absolute atomic E-state index is 0.255. The summed E-state index contributed by atoms with van der Waals surface area (Å²) in [5.74, 6) is 0.449. The van der Waals surface area contributed by atoms with E-state index in [0.29, 0.717) is 5.71 Å². The standard InChI is InChI=1S/C9H7NO3.C9H10/c1-12-9(11)7-3-2-6-4-5-13-8(6)10-7;1-2-4-8(5-3-1)9-6-7-9/h2-5H,1H3;1-5,9H,6-7H2. The van der Waals surface area contributed by atoms with E-state index in [-0.39, 0.29) is 5.69 Å². The zero-order valence-corrected chi connectivity index (χ0v) is 12.4. The predicted molar refractivity (Wildman–Crippen MR) is 83.8 cm³/mol. The fourth-order valence-corrected chi connectivity index (χ4v) is 2.20. The molecule has 0 radical (unpaired) electrons. The molecule has 112 valence electrons. The second-order valence-electron chi connectivity index (χ2n) is 5.19. The first-order chi connectivity index (χ1) is 10.8. The first kappa shape index (κ1) is 14.3. The molecule has 1 saturated carbocycles. The van der Waals surface area contributed by atoms with E-state index < -0.39 is 5.97 Å². The molecule has 0 atom stereocenters. The number of hydrogen-bond acceptors (Lipinski definition) is 4. The molecule has 1 aliphatic carbocycles. The highest BCUT2D eigenvalue weighted by atomic mass is 16.5. The Bertz CT molecular complexity index is 760. The van der Waals surface area contributed by atoms with Gasteiger partial charge in [0.2, 0.25) is 5.71 Å². The maximum Gasteiger partial charge on any atom is 0.356 e. The number of furan rings is 1. The van der Waals surface area contributed by atoms with Crippen molar-refractivity contribution in [3.05, 3.63) is 66.1 Å². The molecule has 0 amide bonds. The molecule has 1 fully saturated rings. The Morgan fingerprint density at radius 3 is 2.59 bits per heavy atom. The summed E-state index contributed by atoms with van der Waals surface area (Å²) in [5.41, 5.74) is 2.23. The maximum absolute atomic E-state index is 11.1. The first-order valence-electron chi connectivity index (χ1n) is 7.25. The Hall–Kier alpha value is -2.62. The van der Waals surface area contributed by atoms with Crippen LogP contribution in [0.2, 0.25) is 0 Å². The van der Waals surface area contributed by atoms with Gasteiger partial charge < -0.3 is 9.15 Å². The minimum Gasteiger partial charge on any atom is -0.464 e. The van der Waals surface area contributed by atoms with Gasteiger partial charge in [0.25, 0.3) is 0 Å². The zero-order chi connectivity index (χ0) is 15.4. The van der Waals surface area contributed by atoms with Crippen LogP contribution in [0.4, 0.5) is 0 Å². The van der Waals surface area contributed by atoms with Gasteiger partial charge in [-0.2, -0.15) is 0 Å². The van der Waals surface area contributed by atoms with Crippen molar-refractivity contribution >= 4 is 17.1 Å². The van der Waals surface area contributed by atoms with Gasteiger partial charge in [-0.05, 0) is 42.5 Å². The number of nitrogens with zero attached hydrogens (tertiary/aromatic N) is 1. The molecule has 1 aromatic carbocycles. The van der Waals surface area contributed by atoms with Crippen LogP contribution in [0, 0.1) is 0 Å². The quantitative estimate of drug-likeness (QED) is 0.666. The third kappa shape index (κ3) is 3.34. The van der Waals surface area contributed by atoms with Crippen LogP contribution in [0.1, 0.15) is 34.8 Å². The Morgan fingerprint density at radius 1 is 1.14 bits per heavy atom. The third-order valence-electron chi connectivity index (χ3n) is 3.56. The average molecular weight is 295 g/mol. The normalized spacial score (nSPS) is 13.3. The Labute approximate surface area is 128 Å². The second-order valence-corrected chi connectivity index (χ2v) is 5.19. The largest absolute Gasteiger partial charge is 0.464 e. The van der Waals surface area contributed by atoms with Crippen molar-refractivity contribution in [1.29, 1.82) is 0 Å². The number of rotatable bonds is 2. The van der Waals surface area contributed by atoms with Gasteiger partial charge >= 0.3 is 5.97 Å². The highest BCUT2D eigenvalue weighted by Crippen LogP contribution is 2.39. The van der Waals surface area contributed by atoms with Crippen LogP contribution in [-0.2, 0) is 4.74 Å². The topological polar surface area (TPSA) is 52.3 Å². The Balaban J connectivity index is 0.000000139. The monoisotopic (exact) mass is 295 g/mol. The van der Waals surface area contributed by atoms with Crippen LogP contribution in [-0.4, -0.2) is 18.1 Å². The van der Waals surface area contributed by atoms with Gasteiger partial charge in [0.1, 0.15) is 0 Å². The molecule has 4 heteroatoms. The van der Waals surface area contributed by atoms with Gasteiger partial charge in [0.05, 0.1) is 13.4 Å². The summed E-state index contributed by atoms with van der Waals surface area (Å²) in [6.07, 6.45) is 4.34. The summed E-state index contributed by atoms with van der Waals surface area (Å²) in [6.45, 7) is 0. The SMILES string of the molecule is COC(=O)c1ccc2ccoc2n1.c1ccc(C2CC2)cc1. The second kappa shape index (κ2) is 6.43. The Kier molecular flexibility index (Phi) is 4.19. The molecular weight excluding hydrogens is 278 g/mol. The van der Waals surface area contributed by atoms with E-state index in [1.807, 2.05) is 0 Å². The highest BCUT2D eigenvalue weighted by Gasteiger charge is 2.22. The van der Waals surface area contributed by atoms with Crippen molar-refractivity contribution in [3.63, 3.8) is 0 Å². The molecule has 0 spiro atoms. The minimum atomic E-state index is -0.460. The van der Waals surface area contributed by atoms with E-state index in [0.717, 1.165) is 11.3 Å². The first-order valence-corrected chi connectivity index (χ1v) is 7.25. The van der Waals surface area contributed by atoms with Crippen molar-refractivity contribution in [2.75, 3.05) is 7.11 Å². The number of benzene rings is 1. The van der Waals surface area contributed by atoms with E-state index in [4.69, 9.17) is 4.42 Å². The lowest BCUT2D eigenvalue weighted by molar-refractivity contribution is 0.0594. The van der Waals surface area contributed by atoms with Crippen LogP contribution in [0.25, 0.3) is 11.1 Å². The zero-order valence-electron chi connectivity index (χ0n) is 12.4. The van der Waals surface area contributed by atoms with E-state index in [9.17, 15) is 4.79 Å². The van der Waals surface area contributed by atoms with Crippen LogP contribution in [0.5, 0.6) is 0 Å². The summed E-state index contributed by atoms with van der Waals surface area (Å²) in [5, 5.41) is 0.868. The molecule has 0 aliphatic heterocycles. The van der Waals surface area contributed by atoms with Gasteiger partial charge in [0, 0.05) is 5.39 Å². The number of pyridine rings is 1. The maximum atomic E-state index is 11.1. The van der Waals surface area contributed by atoms with Gasteiger partial charge in [-0.25, -0.2) is 9.78 Å². The number of hydrogen-bond donors (Lipinski definition) is 0. The average Bonchev–Trinajstić information content (AvgIpc) is 3.33. The van der Waals surface area contributed by atoms with Gasteiger partial charge in [-0.1, -0.05) is 30.3 Å². The number of carbonyl (C=O) groups excluding carboxylic acids is 1. The number of fused-ring (bicyclic) bond motifs is 1. The number of aromatic nitrogens is 1. The molecule has 0 bridgehead atoms. The molecule has 0 saturated heterocycles. The molecular formula is C18H17NO3. The smallest absolute Gasteiger partial charge is 0.356 e. The molecule has 3 aromatic rings. The summed E-state index contributed by atoms with van der Waals surface area (Å²) < 4.78 is 9.55. The Morgan fingerprint density at radius 2 is 1.91 bits per heavy atom. The van der Waals surface area contributed by atoms with Crippen molar-refractivity contribution < 1.29 is 13.9 Å². The molecule has 0 N–H and O–H groups in total. The number of carbonyl (C=O) groups is 1. The van der Waals surface area contributed by atoms with E-state index >= 15 is 0 Å². The molecule has 2 heterocycles. The fraction of sp³-hybridized carbons (Fsp3) is 0.222. The molecule has 4 nitrogen and oxygen atoms in total. The van der Waals surface area contributed by atoms with Crippen molar-refractivity contribution in [3.8, 4) is 0 Å². The lowest BCUT2D eigenvalue weighted by Gasteiger charge is -1.96. The van der Waals surface area contributed by atoms with Gasteiger partial charge in [0.15, 0.2) is 5.69 Å². The van der Waals surface area contributed by atoms with E-state index in [2.05, 4.69) is 40.1 Å². The van der Waals surface area contributed by atoms with Crippen LogP contribution in [0.15, 0.2) is 59.2 Å². The summed E-state index contributed by atoms with van der Waals surface area (Å²) >= 11 is 0. The van der Waals surface area contributed by atoms with Crippen LogP contribution < -0.4 is 0 Å². The summed E-state index contributed by atoms with van der Waals surface area (Å²) in [4.78, 5) is 15.0. The highest BCUT2D eigenvalue weighted by molar-refractivity contribution is 5.89. The summed E-state index contributed by atoms with van der Waals surface area (Å²) in [6, 6.07) is 15.9. The fourth-order valence-electron chi connectivity index (χ4n) is 2.20. The van der Waals surface area contributed by atoms with Crippen LogP contribution >= 0.6 is 0 Å².